The molecule has 0 aliphatic rings. The third-order valence-corrected chi connectivity index (χ3v) is 4.61. The molecule has 0 aliphatic carbocycles. The van der Waals surface area contributed by atoms with Gasteiger partial charge in [-0.25, -0.2) is 0 Å². The van der Waals surface area contributed by atoms with Crippen molar-refractivity contribution >= 4 is 23.1 Å². The maximum atomic E-state index is 5.39. The highest BCUT2D eigenvalue weighted by atomic mass is 32.1. The number of hydrogen-bond donors (Lipinski definition) is 1. The minimum Gasteiger partial charge on any atom is -0.346 e. The fourth-order valence-electron chi connectivity index (χ4n) is 2.50. The Kier molecular flexibility index (Phi) is 2.86. The number of aromatic amines is 1. The molecule has 1 N–H and O–H groups in total. The molecule has 1 aromatic carbocycles. The van der Waals surface area contributed by atoms with Gasteiger partial charge in [0.2, 0.25) is 0 Å². The van der Waals surface area contributed by atoms with E-state index in [9.17, 15) is 0 Å². The fraction of sp³-hybridized carbons (Fsp3) is 0.400. The van der Waals surface area contributed by atoms with Gasteiger partial charge in [-0.15, -0.1) is 0 Å². The summed E-state index contributed by atoms with van der Waals surface area (Å²) in [4.78, 5) is 3.39. The topological polar surface area (TPSA) is 15.8 Å². The lowest BCUT2D eigenvalue weighted by Gasteiger charge is -2.17. The van der Waals surface area contributed by atoms with Crippen molar-refractivity contribution in [1.82, 2.24) is 4.98 Å². The van der Waals surface area contributed by atoms with Gasteiger partial charge < -0.3 is 4.98 Å². The SMILES string of the molecule is Cc1c(C)c(C)c2c(C)c(C)c(=S)[nH]c2c1C. The van der Waals surface area contributed by atoms with Gasteiger partial charge in [-0.2, -0.15) is 0 Å². The number of benzene rings is 1. The molecule has 2 aromatic rings. The summed E-state index contributed by atoms with van der Waals surface area (Å²) in [5.74, 6) is 0. The zero-order chi connectivity index (χ0) is 12.9. The second kappa shape index (κ2) is 3.95. The van der Waals surface area contributed by atoms with Gasteiger partial charge in [0.15, 0.2) is 0 Å². The molecule has 0 bridgehead atoms. The molecule has 1 aromatic heterocycles. The second-order valence-corrected chi connectivity index (χ2v) is 5.36. The van der Waals surface area contributed by atoms with Gasteiger partial charge in [0.05, 0.1) is 5.52 Å². The first-order valence-corrected chi connectivity index (χ1v) is 6.36. The van der Waals surface area contributed by atoms with E-state index < -0.39 is 0 Å². The Morgan fingerprint density at radius 2 is 1.12 bits per heavy atom. The van der Waals surface area contributed by atoms with Crippen LogP contribution in [0.15, 0.2) is 0 Å². The first-order chi connectivity index (χ1) is 7.86. The van der Waals surface area contributed by atoms with Crippen LogP contribution < -0.4 is 0 Å². The first kappa shape index (κ1) is 12.3. The number of nitrogens with one attached hydrogen (secondary N) is 1. The molecule has 90 valence electrons. The molecule has 0 atom stereocenters. The van der Waals surface area contributed by atoms with Crippen molar-refractivity contribution in [2.24, 2.45) is 0 Å². The molecule has 0 fully saturated rings. The second-order valence-electron chi connectivity index (χ2n) is 4.95. The molecule has 0 saturated carbocycles. The molecule has 1 nitrogen and oxygen atoms in total. The van der Waals surface area contributed by atoms with Crippen molar-refractivity contribution in [2.45, 2.75) is 41.5 Å². The van der Waals surface area contributed by atoms with Crippen molar-refractivity contribution in [1.29, 1.82) is 0 Å². The van der Waals surface area contributed by atoms with Crippen molar-refractivity contribution in [2.75, 3.05) is 0 Å². The summed E-state index contributed by atoms with van der Waals surface area (Å²) in [6, 6.07) is 0. The van der Waals surface area contributed by atoms with Crippen LogP contribution in [0, 0.1) is 46.2 Å². The molecule has 0 radical (unpaired) electrons. The van der Waals surface area contributed by atoms with Crippen molar-refractivity contribution in [3.8, 4) is 0 Å². The maximum Gasteiger partial charge on any atom is 0.106 e. The molecular weight excluding hydrogens is 226 g/mol. The minimum atomic E-state index is 0.862. The van der Waals surface area contributed by atoms with Crippen LogP contribution in [0.5, 0.6) is 0 Å². The number of hydrogen-bond acceptors (Lipinski definition) is 1. The number of rotatable bonds is 0. The normalized spacial score (nSPS) is 11.2. The van der Waals surface area contributed by atoms with Crippen LogP contribution in [0.3, 0.4) is 0 Å². The molecule has 17 heavy (non-hydrogen) atoms. The van der Waals surface area contributed by atoms with Crippen LogP contribution in [0.25, 0.3) is 10.9 Å². The predicted molar refractivity (Wildman–Crippen MR) is 77.6 cm³/mol. The zero-order valence-corrected chi connectivity index (χ0v) is 12.2. The minimum absolute atomic E-state index is 0.862. The molecule has 0 spiro atoms. The maximum absolute atomic E-state index is 5.39. The van der Waals surface area contributed by atoms with Crippen LogP contribution in [0.4, 0.5) is 0 Å². The molecule has 1 heterocycles. The van der Waals surface area contributed by atoms with Crippen LogP contribution in [-0.4, -0.2) is 4.98 Å². The van der Waals surface area contributed by atoms with E-state index >= 15 is 0 Å². The number of aromatic nitrogens is 1. The Labute approximate surface area is 108 Å². The van der Waals surface area contributed by atoms with Crippen molar-refractivity contribution < 1.29 is 0 Å². The van der Waals surface area contributed by atoms with Crippen molar-refractivity contribution in [3.63, 3.8) is 0 Å². The zero-order valence-electron chi connectivity index (χ0n) is 11.4. The number of fused-ring (bicyclic) bond motifs is 1. The average Bonchev–Trinajstić information content (AvgIpc) is 2.30. The molecular formula is C15H19NS. The van der Waals surface area contributed by atoms with Crippen LogP contribution in [-0.2, 0) is 0 Å². The largest absolute Gasteiger partial charge is 0.346 e. The lowest BCUT2D eigenvalue weighted by Crippen LogP contribution is -2.00. The summed E-state index contributed by atoms with van der Waals surface area (Å²) in [7, 11) is 0. The van der Waals surface area contributed by atoms with Gasteiger partial charge in [0.1, 0.15) is 4.64 Å². The van der Waals surface area contributed by atoms with E-state index in [1.807, 2.05) is 0 Å². The first-order valence-electron chi connectivity index (χ1n) is 5.95. The van der Waals surface area contributed by atoms with Gasteiger partial charge in [-0.1, -0.05) is 12.2 Å². The average molecular weight is 245 g/mol. The van der Waals surface area contributed by atoms with E-state index in [4.69, 9.17) is 12.2 Å². The Bertz CT molecular complexity index is 678. The highest BCUT2D eigenvalue weighted by molar-refractivity contribution is 7.71. The van der Waals surface area contributed by atoms with Crippen LogP contribution in [0.1, 0.15) is 33.4 Å². The lowest BCUT2D eigenvalue weighted by molar-refractivity contribution is 1.18. The van der Waals surface area contributed by atoms with Gasteiger partial charge in [-0.05, 0) is 74.9 Å². The summed E-state index contributed by atoms with van der Waals surface area (Å²) in [5, 5.41) is 1.34. The van der Waals surface area contributed by atoms with E-state index in [1.165, 1.54) is 44.3 Å². The predicted octanol–water partition coefficient (Wildman–Crippen LogP) is 4.75. The molecule has 2 heteroatoms. The quantitative estimate of drug-likeness (QED) is 0.662. The Balaban J connectivity index is 3.18. The lowest BCUT2D eigenvalue weighted by atomic mass is 9.91. The van der Waals surface area contributed by atoms with E-state index in [0.29, 0.717) is 0 Å². The molecule has 0 aliphatic heterocycles. The van der Waals surface area contributed by atoms with Gasteiger partial charge in [-0.3, -0.25) is 0 Å². The van der Waals surface area contributed by atoms with Gasteiger partial charge in [0, 0.05) is 5.39 Å². The molecule has 0 saturated heterocycles. The van der Waals surface area contributed by atoms with Crippen molar-refractivity contribution in [3.05, 3.63) is 38.0 Å². The van der Waals surface area contributed by atoms with Crippen LogP contribution >= 0.6 is 12.2 Å². The Hall–Kier alpha value is -1.15. The Morgan fingerprint density at radius 3 is 1.71 bits per heavy atom. The van der Waals surface area contributed by atoms with Crippen LogP contribution in [0.2, 0.25) is 0 Å². The number of H-pyrrole nitrogens is 1. The van der Waals surface area contributed by atoms with E-state index in [1.54, 1.807) is 0 Å². The molecule has 2 rings (SSSR count). The summed E-state index contributed by atoms with van der Waals surface area (Å²) in [6.07, 6.45) is 0. The third kappa shape index (κ3) is 1.62. The van der Waals surface area contributed by atoms with E-state index in [0.717, 1.165) is 4.64 Å². The smallest absolute Gasteiger partial charge is 0.106 e. The monoisotopic (exact) mass is 245 g/mol. The number of aryl methyl sites for hydroxylation is 3. The summed E-state index contributed by atoms with van der Waals surface area (Å²) in [6.45, 7) is 13.0. The number of pyridine rings is 1. The van der Waals surface area contributed by atoms with Gasteiger partial charge >= 0.3 is 0 Å². The third-order valence-electron chi connectivity index (χ3n) is 4.20. The summed E-state index contributed by atoms with van der Waals surface area (Å²) < 4.78 is 0.862. The van der Waals surface area contributed by atoms with E-state index in [-0.39, 0.29) is 0 Å². The van der Waals surface area contributed by atoms with E-state index in [2.05, 4.69) is 46.5 Å². The van der Waals surface area contributed by atoms with Gasteiger partial charge in [0.25, 0.3) is 0 Å². The fourth-order valence-corrected chi connectivity index (χ4v) is 2.76. The highest BCUT2D eigenvalue weighted by Gasteiger charge is 2.12. The molecule has 0 unspecified atom stereocenters. The summed E-state index contributed by atoms with van der Waals surface area (Å²) in [5.41, 5.74) is 9.16. The highest BCUT2D eigenvalue weighted by Crippen LogP contribution is 2.31. The Morgan fingerprint density at radius 1 is 0.647 bits per heavy atom. The summed E-state index contributed by atoms with van der Waals surface area (Å²) >= 11 is 5.39. The standard InChI is InChI=1S/C15H19NS/c1-7-8(2)11(5)14-13(9(7)3)10(4)12(6)15(17)16-14/h1-6H3,(H,16,17). The molecule has 0 amide bonds.